The molecule has 0 bridgehead atoms. The van der Waals surface area contributed by atoms with Gasteiger partial charge in [-0.2, -0.15) is 4.98 Å². The molecule has 0 amide bonds. The van der Waals surface area contributed by atoms with E-state index in [2.05, 4.69) is 14.9 Å². The molecule has 1 heterocycles. The second-order valence-electron chi connectivity index (χ2n) is 5.75. The maximum absolute atomic E-state index is 12.1. The van der Waals surface area contributed by atoms with E-state index >= 15 is 0 Å². The summed E-state index contributed by atoms with van der Waals surface area (Å²) in [7, 11) is -3.42. The zero-order chi connectivity index (χ0) is 17.7. The lowest BCUT2D eigenvalue weighted by Gasteiger charge is -2.04. The summed E-state index contributed by atoms with van der Waals surface area (Å²) in [5.74, 6) is 0.688. The monoisotopic (exact) mass is 357 g/mol. The van der Waals surface area contributed by atoms with Crippen LogP contribution < -0.4 is 4.72 Å². The van der Waals surface area contributed by atoms with Gasteiger partial charge >= 0.3 is 0 Å². The van der Waals surface area contributed by atoms with Crippen molar-refractivity contribution < 1.29 is 12.9 Å². The molecule has 0 radical (unpaired) electrons. The van der Waals surface area contributed by atoms with Crippen LogP contribution in [0.25, 0.3) is 11.4 Å². The summed E-state index contributed by atoms with van der Waals surface area (Å²) in [6.07, 6.45) is 0.453. The molecule has 0 saturated heterocycles. The van der Waals surface area contributed by atoms with Crippen LogP contribution in [0, 0.1) is 6.92 Å². The fraction of sp³-hybridized carbons (Fsp3) is 0.222. The normalized spacial score (nSPS) is 11.6. The molecular weight excluding hydrogens is 338 g/mol. The molecule has 0 fully saturated rings. The molecule has 3 aromatic rings. The third kappa shape index (κ3) is 4.98. The minimum atomic E-state index is -3.42. The van der Waals surface area contributed by atoms with Gasteiger partial charge in [-0.1, -0.05) is 65.3 Å². The SMILES string of the molecule is Cc1ccc(-c2noc(CNS(=O)(=O)CCc3ccccc3)n2)cc1. The van der Waals surface area contributed by atoms with Crippen LogP contribution in [0.5, 0.6) is 0 Å². The van der Waals surface area contributed by atoms with E-state index in [0.717, 1.165) is 16.7 Å². The Morgan fingerprint density at radius 2 is 1.76 bits per heavy atom. The van der Waals surface area contributed by atoms with Crippen molar-refractivity contribution in [3.8, 4) is 11.4 Å². The van der Waals surface area contributed by atoms with Crippen LogP contribution in [0.4, 0.5) is 0 Å². The van der Waals surface area contributed by atoms with Crippen molar-refractivity contribution in [2.75, 3.05) is 5.75 Å². The van der Waals surface area contributed by atoms with E-state index in [1.165, 1.54) is 0 Å². The van der Waals surface area contributed by atoms with Crippen LogP contribution in [-0.2, 0) is 23.0 Å². The van der Waals surface area contributed by atoms with Crippen molar-refractivity contribution in [1.29, 1.82) is 0 Å². The summed E-state index contributed by atoms with van der Waals surface area (Å²) >= 11 is 0. The fourth-order valence-corrected chi connectivity index (χ4v) is 3.28. The van der Waals surface area contributed by atoms with Gasteiger partial charge in [0.25, 0.3) is 0 Å². The van der Waals surface area contributed by atoms with Crippen molar-refractivity contribution in [3.05, 3.63) is 71.6 Å². The smallest absolute Gasteiger partial charge is 0.242 e. The molecule has 0 spiro atoms. The first-order valence-electron chi connectivity index (χ1n) is 7.93. The first-order chi connectivity index (χ1) is 12.0. The Bertz CT molecular complexity index is 920. The van der Waals surface area contributed by atoms with Gasteiger partial charge in [-0.15, -0.1) is 0 Å². The summed E-state index contributed by atoms with van der Waals surface area (Å²) in [6, 6.07) is 17.2. The average molecular weight is 357 g/mol. The fourth-order valence-electron chi connectivity index (χ4n) is 2.29. The molecule has 1 aromatic heterocycles. The standard InChI is InChI=1S/C18H19N3O3S/c1-14-7-9-16(10-8-14)18-20-17(24-21-18)13-19-25(22,23)12-11-15-5-3-2-4-6-15/h2-10,19H,11-13H2,1H3. The van der Waals surface area contributed by atoms with Gasteiger partial charge in [-0.25, -0.2) is 13.1 Å². The first-order valence-corrected chi connectivity index (χ1v) is 9.58. The van der Waals surface area contributed by atoms with Gasteiger partial charge in [0.05, 0.1) is 12.3 Å². The zero-order valence-electron chi connectivity index (χ0n) is 13.8. The Morgan fingerprint density at radius 3 is 2.48 bits per heavy atom. The van der Waals surface area contributed by atoms with Crippen molar-refractivity contribution in [1.82, 2.24) is 14.9 Å². The largest absolute Gasteiger partial charge is 0.338 e. The molecule has 1 N–H and O–H groups in total. The maximum atomic E-state index is 12.1. The summed E-state index contributed by atoms with van der Waals surface area (Å²) in [6.45, 7) is 1.98. The van der Waals surface area contributed by atoms with E-state index in [1.54, 1.807) is 0 Å². The topological polar surface area (TPSA) is 85.1 Å². The van der Waals surface area contributed by atoms with Crippen molar-refractivity contribution in [3.63, 3.8) is 0 Å². The van der Waals surface area contributed by atoms with Crippen molar-refractivity contribution in [2.45, 2.75) is 19.9 Å². The molecule has 0 aliphatic carbocycles. The Hall–Kier alpha value is -2.51. The van der Waals surface area contributed by atoms with Gasteiger partial charge in [0, 0.05) is 5.56 Å². The number of nitrogens with one attached hydrogen (secondary N) is 1. The van der Waals surface area contributed by atoms with E-state index in [0.29, 0.717) is 12.2 Å². The number of hydrogen-bond donors (Lipinski definition) is 1. The highest BCUT2D eigenvalue weighted by Crippen LogP contribution is 2.16. The molecule has 0 aliphatic heterocycles. The van der Waals surface area contributed by atoms with Gasteiger partial charge in [0.2, 0.25) is 21.7 Å². The third-order valence-electron chi connectivity index (χ3n) is 3.72. The van der Waals surface area contributed by atoms with Crippen LogP contribution >= 0.6 is 0 Å². The minimum absolute atomic E-state index is 0.00989. The number of aromatic nitrogens is 2. The van der Waals surface area contributed by atoms with Gasteiger partial charge in [-0.05, 0) is 18.9 Å². The molecule has 0 unspecified atom stereocenters. The van der Waals surface area contributed by atoms with Crippen LogP contribution in [0.3, 0.4) is 0 Å². The predicted octanol–water partition coefficient (Wildman–Crippen LogP) is 2.71. The number of aryl methyl sites for hydroxylation is 2. The molecule has 0 aliphatic rings. The Kier molecular flexibility index (Phi) is 5.25. The molecule has 3 rings (SSSR count). The van der Waals surface area contributed by atoms with Gasteiger partial charge in [-0.3, -0.25) is 0 Å². The molecule has 0 saturated carbocycles. The molecule has 0 atom stereocenters. The molecule has 6 nitrogen and oxygen atoms in total. The summed E-state index contributed by atoms with van der Waals surface area (Å²) in [4.78, 5) is 4.23. The van der Waals surface area contributed by atoms with Crippen LogP contribution in [0.1, 0.15) is 17.0 Å². The van der Waals surface area contributed by atoms with Crippen LogP contribution in [0.2, 0.25) is 0 Å². The number of benzene rings is 2. The van der Waals surface area contributed by atoms with Crippen molar-refractivity contribution >= 4 is 10.0 Å². The molecule has 7 heteroatoms. The van der Waals surface area contributed by atoms with E-state index in [1.807, 2.05) is 61.5 Å². The maximum Gasteiger partial charge on any atom is 0.242 e. The zero-order valence-corrected chi connectivity index (χ0v) is 14.7. The number of hydrogen-bond acceptors (Lipinski definition) is 5. The van der Waals surface area contributed by atoms with Crippen LogP contribution in [-0.4, -0.2) is 24.3 Å². The van der Waals surface area contributed by atoms with E-state index in [-0.39, 0.29) is 18.2 Å². The molecule has 130 valence electrons. The Labute approximate surface area is 147 Å². The molecular formula is C18H19N3O3S. The average Bonchev–Trinajstić information content (AvgIpc) is 3.09. The number of rotatable bonds is 7. The predicted molar refractivity (Wildman–Crippen MR) is 95.2 cm³/mol. The second kappa shape index (κ2) is 7.58. The van der Waals surface area contributed by atoms with E-state index < -0.39 is 10.0 Å². The molecule has 2 aromatic carbocycles. The Balaban J connectivity index is 1.57. The van der Waals surface area contributed by atoms with Crippen LogP contribution in [0.15, 0.2) is 59.1 Å². The third-order valence-corrected chi connectivity index (χ3v) is 5.05. The highest BCUT2D eigenvalue weighted by atomic mass is 32.2. The Morgan fingerprint density at radius 1 is 1.04 bits per heavy atom. The lowest BCUT2D eigenvalue weighted by molar-refractivity contribution is 0.376. The first kappa shape index (κ1) is 17.3. The summed E-state index contributed by atoms with van der Waals surface area (Å²) in [5.41, 5.74) is 2.94. The van der Waals surface area contributed by atoms with Gasteiger partial charge in [0.15, 0.2) is 0 Å². The highest BCUT2D eigenvalue weighted by molar-refractivity contribution is 7.89. The summed E-state index contributed by atoms with van der Waals surface area (Å²) in [5, 5.41) is 3.89. The minimum Gasteiger partial charge on any atom is -0.338 e. The quantitative estimate of drug-likeness (QED) is 0.703. The number of sulfonamides is 1. The lowest BCUT2D eigenvalue weighted by atomic mass is 10.1. The van der Waals surface area contributed by atoms with E-state index in [9.17, 15) is 8.42 Å². The van der Waals surface area contributed by atoms with Gasteiger partial charge < -0.3 is 4.52 Å². The second-order valence-corrected chi connectivity index (χ2v) is 7.68. The number of nitrogens with zero attached hydrogens (tertiary/aromatic N) is 2. The highest BCUT2D eigenvalue weighted by Gasteiger charge is 2.14. The summed E-state index contributed by atoms with van der Waals surface area (Å²) < 4.78 is 31.8. The van der Waals surface area contributed by atoms with E-state index in [4.69, 9.17) is 4.52 Å². The lowest BCUT2D eigenvalue weighted by Crippen LogP contribution is -2.27. The molecule has 25 heavy (non-hydrogen) atoms. The van der Waals surface area contributed by atoms with Crippen molar-refractivity contribution in [2.24, 2.45) is 0 Å². The van der Waals surface area contributed by atoms with Gasteiger partial charge in [0.1, 0.15) is 0 Å².